The predicted octanol–water partition coefficient (Wildman–Crippen LogP) is 29.8. The van der Waals surface area contributed by atoms with Gasteiger partial charge in [0.25, 0.3) is 0 Å². The van der Waals surface area contributed by atoms with Gasteiger partial charge in [-0.25, -0.2) is 54.1 Å². The van der Waals surface area contributed by atoms with E-state index in [2.05, 4.69) is 140 Å². The second kappa shape index (κ2) is 40.4. The van der Waals surface area contributed by atoms with E-state index in [1.165, 1.54) is 33.9 Å². The number of benzene rings is 11. The summed E-state index contributed by atoms with van der Waals surface area (Å²) < 4.78 is 16.0. The minimum atomic E-state index is -0.282. The van der Waals surface area contributed by atoms with Crippen LogP contribution in [0.15, 0.2) is 486 Å². The van der Waals surface area contributed by atoms with Gasteiger partial charge in [-0.3, -0.25) is 29.9 Å². The van der Waals surface area contributed by atoms with Crippen LogP contribution in [0, 0.1) is 12.4 Å². The fourth-order valence-corrected chi connectivity index (χ4v) is 17.1. The van der Waals surface area contributed by atoms with Gasteiger partial charge in [-0.15, -0.1) is 0 Å². The lowest BCUT2D eigenvalue weighted by Gasteiger charge is -2.12. The zero-order valence-corrected chi connectivity index (χ0v) is 76.2. The van der Waals surface area contributed by atoms with Gasteiger partial charge in [0.15, 0.2) is 23.2 Å². The van der Waals surface area contributed by atoms with Crippen molar-refractivity contribution in [2.75, 3.05) is 0 Å². The van der Waals surface area contributed by atoms with Crippen LogP contribution in [0.4, 0.5) is 10.1 Å². The summed E-state index contributed by atoms with van der Waals surface area (Å²) in [6, 6.07) is 148. The van der Waals surface area contributed by atoms with Gasteiger partial charge in [0.1, 0.15) is 5.82 Å². The first-order chi connectivity index (χ1) is 70.2. The number of halogens is 1. The minimum absolute atomic E-state index is 0.282. The lowest BCUT2D eigenvalue weighted by Crippen LogP contribution is -1.97. The van der Waals surface area contributed by atoms with Crippen molar-refractivity contribution < 1.29 is 4.39 Å². The molecular formula is C124H80FN17. The first-order valence-corrected chi connectivity index (χ1v) is 46.2. The molecule has 17 nitrogen and oxygen atoms in total. The van der Waals surface area contributed by atoms with E-state index in [0.717, 1.165) is 175 Å². The summed E-state index contributed by atoms with van der Waals surface area (Å²) >= 11 is 0. The molecule has 0 amide bonds. The molecular weight excluding hydrogens is 1750 g/mol. The minimum Gasteiger partial charge on any atom is -0.309 e. The van der Waals surface area contributed by atoms with Crippen molar-refractivity contribution in [3.05, 3.63) is 503 Å². The van der Waals surface area contributed by atoms with E-state index in [1.807, 2.05) is 328 Å². The van der Waals surface area contributed by atoms with Crippen LogP contribution < -0.4 is 0 Å². The molecule has 13 heterocycles. The first-order valence-electron chi connectivity index (χ1n) is 46.2. The third-order valence-electron chi connectivity index (χ3n) is 24.3. The molecule has 18 heteroatoms. The number of pyridine rings is 9. The Balaban J connectivity index is 0.000000123. The van der Waals surface area contributed by atoms with E-state index in [9.17, 15) is 4.39 Å². The van der Waals surface area contributed by atoms with Crippen LogP contribution in [0.25, 0.3) is 236 Å². The lowest BCUT2D eigenvalue weighted by molar-refractivity contribution is 0.628. The average molecular weight is 1830 g/mol. The highest BCUT2D eigenvalue weighted by Gasteiger charge is 2.22. The van der Waals surface area contributed by atoms with Crippen molar-refractivity contribution in [3.8, 4) is 209 Å². The molecule has 0 radical (unpaired) electrons. The summed E-state index contributed by atoms with van der Waals surface area (Å²) in [4.78, 5) is 76.3. The number of hydrogen-bond acceptors (Lipinski definition) is 15. The maximum absolute atomic E-state index is 13.7. The molecule has 668 valence electrons. The van der Waals surface area contributed by atoms with Crippen molar-refractivity contribution in [2.45, 2.75) is 0 Å². The van der Waals surface area contributed by atoms with Gasteiger partial charge in [-0.1, -0.05) is 285 Å². The molecule has 24 rings (SSSR count). The Kier molecular flexibility index (Phi) is 24.9. The van der Waals surface area contributed by atoms with Crippen molar-refractivity contribution in [2.24, 2.45) is 0 Å². The second-order valence-corrected chi connectivity index (χ2v) is 33.5. The van der Waals surface area contributed by atoms with Gasteiger partial charge in [-0.2, -0.15) is 0 Å². The second-order valence-electron chi connectivity index (χ2n) is 33.5. The molecule has 24 aromatic rings. The summed E-state index contributed by atoms with van der Waals surface area (Å²) in [6.45, 7) is 7.29. The monoisotopic (exact) mass is 1830 g/mol. The smallest absolute Gasteiger partial charge is 0.187 e. The highest BCUT2D eigenvalue weighted by atomic mass is 19.1. The molecule has 0 aliphatic rings. The van der Waals surface area contributed by atoms with Crippen LogP contribution in [0.1, 0.15) is 0 Å². The van der Waals surface area contributed by atoms with Gasteiger partial charge in [-0.05, 0) is 197 Å². The van der Waals surface area contributed by atoms with Crippen molar-refractivity contribution in [1.82, 2.24) is 79.3 Å². The Hall–Kier alpha value is -19.8. The molecule has 0 spiro atoms. The molecule has 0 N–H and O–H groups in total. The maximum atomic E-state index is 13.7. The SMILES string of the molecule is Fc1ccc(-c2cc(-c3ccccn3)nc(-c3ccc(-c4cc(-c5ccccc5)nc(-c5ccccc5)n4)cn3)c2)cc1.[C-]#[N+]c1ccc(-c2cc(-c3ccccn3)nc(-c3ccc(-c4cc(-c5ccccc5)nc(-c5ccccc5)n4)cn3)c2)cc1.c1ccc(-c2cc(-c3ccc(-c4cc(-c5ccc(-n6c7ccccc7c7ccccc76)cc5)cc(-c5ccccn5)n4)nc3)nc(-c3ccccc3)n2)cc1. The summed E-state index contributed by atoms with van der Waals surface area (Å²) in [5.74, 6) is 1.69. The normalized spacial score (nSPS) is 11.0. The zero-order chi connectivity index (χ0) is 95.3. The molecule has 0 fully saturated rings. The molecule has 13 aromatic heterocycles. The van der Waals surface area contributed by atoms with E-state index >= 15 is 0 Å². The molecule has 0 bridgehead atoms. The van der Waals surface area contributed by atoms with Crippen LogP contribution in [-0.2, 0) is 0 Å². The number of fused-ring (bicyclic) bond motifs is 3. The Labute approximate surface area is 818 Å². The van der Waals surface area contributed by atoms with Crippen molar-refractivity contribution in [1.29, 1.82) is 0 Å². The summed E-state index contributed by atoms with van der Waals surface area (Å²) in [5, 5.41) is 2.49. The number of nitrogens with zero attached hydrogens (tertiary/aromatic N) is 17. The number of aromatic nitrogens is 16. The predicted molar refractivity (Wildman–Crippen MR) is 565 cm³/mol. The quantitative estimate of drug-likeness (QED) is 0.0691. The molecule has 0 aliphatic heterocycles. The summed E-state index contributed by atoms with van der Waals surface area (Å²) in [6.07, 6.45) is 10.8. The van der Waals surface area contributed by atoms with Crippen LogP contribution in [-0.4, -0.2) is 79.3 Å². The fourth-order valence-electron chi connectivity index (χ4n) is 17.1. The first kappa shape index (κ1) is 87.6. The topological polar surface area (TPSA) is 203 Å². The van der Waals surface area contributed by atoms with Crippen molar-refractivity contribution in [3.63, 3.8) is 0 Å². The molecule has 142 heavy (non-hydrogen) atoms. The summed E-state index contributed by atoms with van der Waals surface area (Å²) in [5.41, 5.74) is 32.2. The van der Waals surface area contributed by atoms with Crippen molar-refractivity contribution >= 4 is 27.5 Å². The standard InChI is InChI=1S/C49H32N6.C38H24N6.C37H24FN5/c1-3-13-34(14-4-1)43-31-44(54-49(53-43)35-15-5-2-6-16-35)36-24-27-42(51-32-36)46-30-37(29-45(52-46)41-19-11-12-28-50-41)33-22-25-38(26-23-33)55-47-20-9-7-17-39(47)40-18-8-10-21-48(40)55;1-39-31-18-15-26(16-19-31)30-22-36(32-14-8-9-21-40-32)42-37(23-30)33-20-17-29(25-41-33)35-24-34(27-10-4-2-5-11-27)43-38(44-35)28-12-6-3-7-13-28;38-30-17-14-25(15-18-30)29-21-35(31-13-7-8-20-39-31)41-36(22-29)32-19-16-28(24-40-32)34-23-33(26-9-3-1-4-10-26)42-37(43-34)27-11-5-2-6-12-27/h1-32H;2-25H;1-24H. The van der Waals surface area contributed by atoms with E-state index in [0.29, 0.717) is 40.2 Å². The number of hydrogen-bond donors (Lipinski definition) is 0. The molecule has 0 atom stereocenters. The highest BCUT2D eigenvalue weighted by Crippen LogP contribution is 2.40. The number of rotatable bonds is 19. The Morgan fingerprint density at radius 3 is 0.718 bits per heavy atom. The van der Waals surface area contributed by atoms with E-state index in [-0.39, 0.29) is 5.82 Å². The molecule has 11 aromatic carbocycles. The largest absolute Gasteiger partial charge is 0.309 e. The van der Waals surface area contributed by atoms with Crippen LogP contribution in [0.2, 0.25) is 0 Å². The lowest BCUT2D eigenvalue weighted by atomic mass is 10.0. The van der Waals surface area contributed by atoms with Gasteiger partial charge in [0.2, 0.25) is 0 Å². The van der Waals surface area contributed by atoms with E-state index in [4.69, 9.17) is 66.4 Å². The van der Waals surface area contributed by atoms with Crippen LogP contribution in [0.5, 0.6) is 0 Å². The third-order valence-corrected chi connectivity index (χ3v) is 24.3. The van der Waals surface area contributed by atoms with Gasteiger partial charge < -0.3 is 4.57 Å². The fraction of sp³-hybridized carbons (Fsp3) is 0. The highest BCUT2D eigenvalue weighted by molar-refractivity contribution is 6.09. The Morgan fingerprint density at radius 2 is 0.437 bits per heavy atom. The van der Waals surface area contributed by atoms with Crippen LogP contribution >= 0.6 is 0 Å². The van der Waals surface area contributed by atoms with E-state index in [1.54, 1.807) is 30.7 Å². The molecule has 0 saturated heterocycles. The van der Waals surface area contributed by atoms with Gasteiger partial charge >= 0.3 is 0 Å². The average Bonchev–Trinajstić information content (AvgIpc) is 1.59. The molecule has 0 saturated carbocycles. The number of para-hydroxylation sites is 2. The van der Waals surface area contributed by atoms with Gasteiger partial charge in [0.05, 0.1) is 120 Å². The molecule has 0 aliphatic carbocycles. The maximum Gasteiger partial charge on any atom is 0.187 e. The third kappa shape index (κ3) is 19.5. The van der Waals surface area contributed by atoms with Crippen LogP contribution in [0.3, 0.4) is 0 Å². The van der Waals surface area contributed by atoms with E-state index < -0.39 is 0 Å². The summed E-state index contributed by atoms with van der Waals surface area (Å²) in [7, 11) is 0. The van der Waals surface area contributed by atoms with Gasteiger partial charge in [0, 0.05) is 104 Å². The zero-order valence-electron chi connectivity index (χ0n) is 76.2. The molecule has 0 unspecified atom stereocenters. The Bertz CT molecular complexity index is 8400. The Morgan fingerprint density at radius 1 is 0.183 bits per heavy atom.